The number of hydrogen-bond donors (Lipinski definition) is 1. The lowest BCUT2D eigenvalue weighted by Gasteiger charge is -2.10. The van der Waals surface area contributed by atoms with E-state index in [1.54, 1.807) is 0 Å². The number of hydrogen-bond acceptors (Lipinski definition) is 2. The molecule has 2 nitrogen and oxygen atoms in total. The summed E-state index contributed by atoms with van der Waals surface area (Å²) in [5.41, 5.74) is 0. The van der Waals surface area contributed by atoms with Crippen molar-refractivity contribution in [1.82, 2.24) is 5.32 Å². The summed E-state index contributed by atoms with van der Waals surface area (Å²) in [7, 11) is 1.94. The topological polar surface area (TPSA) is 29.1 Å². The zero-order chi connectivity index (χ0) is 7.98. The maximum absolute atomic E-state index is 10.2. The summed E-state index contributed by atoms with van der Waals surface area (Å²) in [6.07, 6.45) is 3.09. The van der Waals surface area contributed by atoms with Gasteiger partial charge in [-0.25, -0.2) is 0 Å². The smallest absolute Gasteiger partial charge is 0.122 e. The minimum atomic E-state index is 0.218. The van der Waals surface area contributed by atoms with Crippen LogP contribution in [0.4, 0.5) is 0 Å². The zero-order valence-corrected chi connectivity index (χ0v) is 7.05. The molecule has 0 aliphatic rings. The Kier molecular flexibility index (Phi) is 5.22. The highest BCUT2D eigenvalue weighted by molar-refractivity contribution is 5.52. The van der Waals surface area contributed by atoms with Gasteiger partial charge in [0.05, 0.1) is 0 Å². The van der Waals surface area contributed by atoms with Gasteiger partial charge in [-0.3, -0.25) is 0 Å². The summed E-state index contributed by atoms with van der Waals surface area (Å²) in [4.78, 5) is 10.2. The van der Waals surface area contributed by atoms with Crippen molar-refractivity contribution in [3.8, 4) is 0 Å². The predicted molar refractivity (Wildman–Crippen MR) is 43.0 cm³/mol. The molecule has 0 amide bonds. The lowest BCUT2D eigenvalue weighted by Crippen LogP contribution is -2.21. The Labute approximate surface area is 63.0 Å². The molecule has 10 heavy (non-hydrogen) atoms. The van der Waals surface area contributed by atoms with Gasteiger partial charge in [-0.05, 0) is 26.8 Å². The summed E-state index contributed by atoms with van der Waals surface area (Å²) in [5, 5.41) is 3.13. The lowest BCUT2D eigenvalue weighted by molar-refractivity contribution is -0.110. The van der Waals surface area contributed by atoms with Crippen molar-refractivity contribution in [3.05, 3.63) is 0 Å². The molecule has 0 fully saturated rings. The zero-order valence-electron chi connectivity index (χ0n) is 7.05. The van der Waals surface area contributed by atoms with Crippen molar-refractivity contribution < 1.29 is 4.79 Å². The minimum absolute atomic E-state index is 0.218. The molecular weight excluding hydrogens is 126 g/mol. The van der Waals surface area contributed by atoms with E-state index in [2.05, 4.69) is 12.2 Å². The van der Waals surface area contributed by atoms with E-state index in [1.165, 1.54) is 0 Å². The molecule has 0 saturated carbocycles. The summed E-state index contributed by atoms with van der Waals surface area (Å²) in [6, 6.07) is 0.530. The Morgan fingerprint density at radius 1 is 1.40 bits per heavy atom. The van der Waals surface area contributed by atoms with Crippen molar-refractivity contribution in [2.45, 2.75) is 32.7 Å². The van der Waals surface area contributed by atoms with E-state index in [0.29, 0.717) is 6.04 Å². The van der Waals surface area contributed by atoms with Crippen LogP contribution >= 0.6 is 0 Å². The monoisotopic (exact) mass is 143 g/mol. The minimum Gasteiger partial charge on any atom is -0.317 e. The van der Waals surface area contributed by atoms with Gasteiger partial charge in [0.15, 0.2) is 0 Å². The van der Waals surface area contributed by atoms with Crippen molar-refractivity contribution >= 4 is 6.29 Å². The average Bonchev–Trinajstić information content (AvgIpc) is 1.99. The number of rotatable bonds is 5. The van der Waals surface area contributed by atoms with Crippen LogP contribution in [0, 0.1) is 5.92 Å². The van der Waals surface area contributed by atoms with Crippen LogP contribution in [0.1, 0.15) is 26.7 Å². The second-order valence-corrected chi connectivity index (χ2v) is 2.88. The van der Waals surface area contributed by atoms with Gasteiger partial charge >= 0.3 is 0 Å². The summed E-state index contributed by atoms with van der Waals surface area (Å²) in [5.74, 6) is 0.218. The Hall–Kier alpha value is -0.370. The van der Waals surface area contributed by atoms with Gasteiger partial charge in [0.1, 0.15) is 6.29 Å². The molecule has 1 N–H and O–H groups in total. The Morgan fingerprint density at radius 2 is 2.00 bits per heavy atom. The summed E-state index contributed by atoms with van der Waals surface area (Å²) < 4.78 is 0. The first kappa shape index (κ1) is 9.63. The Balaban J connectivity index is 3.25. The van der Waals surface area contributed by atoms with E-state index in [-0.39, 0.29) is 5.92 Å². The molecule has 0 bridgehead atoms. The number of aldehydes is 1. The van der Waals surface area contributed by atoms with E-state index >= 15 is 0 Å². The molecule has 2 atom stereocenters. The predicted octanol–water partition coefficient (Wildman–Crippen LogP) is 1.21. The van der Waals surface area contributed by atoms with Crippen LogP contribution in [0.15, 0.2) is 0 Å². The largest absolute Gasteiger partial charge is 0.317 e. The second kappa shape index (κ2) is 5.42. The van der Waals surface area contributed by atoms with Crippen LogP contribution in [0.5, 0.6) is 0 Å². The second-order valence-electron chi connectivity index (χ2n) is 2.88. The van der Waals surface area contributed by atoms with Crippen LogP contribution in [-0.2, 0) is 4.79 Å². The summed E-state index contributed by atoms with van der Waals surface area (Å²) in [6.45, 7) is 4.08. The van der Waals surface area contributed by atoms with Crippen molar-refractivity contribution in [2.75, 3.05) is 7.05 Å². The van der Waals surface area contributed by atoms with Crippen LogP contribution in [0.2, 0.25) is 0 Å². The van der Waals surface area contributed by atoms with Crippen molar-refractivity contribution in [3.63, 3.8) is 0 Å². The fraction of sp³-hybridized carbons (Fsp3) is 0.875. The van der Waals surface area contributed by atoms with Crippen molar-refractivity contribution in [2.24, 2.45) is 5.92 Å². The van der Waals surface area contributed by atoms with Crippen LogP contribution in [0.25, 0.3) is 0 Å². The molecule has 0 aromatic rings. The molecule has 0 radical (unpaired) electrons. The molecule has 2 heteroatoms. The molecule has 0 rings (SSSR count). The van der Waals surface area contributed by atoms with Gasteiger partial charge < -0.3 is 10.1 Å². The van der Waals surface area contributed by atoms with Gasteiger partial charge in [0, 0.05) is 12.0 Å². The molecule has 0 heterocycles. The van der Waals surface area contributed by atoms with Crippen LogP contribution < -0.4 is 5.32 Å². The van der Waals surface area contributed by atoms with E-state index < -0.39 is 0 Å². The highest BCUT2D eigenvalue weighted by Gasteiger charge is 2.02. The van der Waals surface area contributed by atoms with E-state index in [4.69, 9.17) is 0 Å². The third kappa shape index (κ3) is 4.50. The lowest BCUT2D eigenvalue weighted by atomic mass is 10.0. The maximum Gasteiger partial charge on any atom is 0.122 e. The molecular formula is C8H17NO. The normalized spacial score (nSPS) is 16.3. The first-order valence-electron chi connectivity index (χ1n) is 3.83. The highest BCUT2D eigenvalue weighted by Crippen LogP contribution is 2.04. The third-order valence-corrected chi connectivity index (χ3v) is 1.78. The fourth-order valence-corrected chi connectivity index (χ4v) is 0.725. The van der Waals surface area contributed by atoms with Gasteiger partial charge in [0.2, 0.25) is 0 Å². The van der Waals surface area contributed by atoms with Crippen molar-refractivity contribution in [1.29, 1.82) is 0 Å². The van der Waals surface area contributed by atoms with Gasteiger partial charge in [0.25, 0.3) is 0 Å². The van der Waals surface area contributed by atoms with E-state index in [9.17, 15) is 4.79 Å². The van der Waals surface area contributed by atoms with E-state index in [1.807, 2.05) is 14.0 Å². The third-order valence-electron chi connectivity index (χ3n) is 1.78. The summed E-state index contributed by atoms with van der Waals surface area (Å²) >= 11 is 0. The van der Waals surface area contributed by atoms with Gasteiger partial charge in [-0.1, -0.05) is 6.92 Å². The van der Waals surface area contributed by atoms with Crippen LogP contribution in [-0.4, -0.2) is 19.4 Å². The first-order chi connectivity index (χ1) is 4.70. The molecule has 0 saturated heterocycles. The standard InChI is InChI=1S/C8H17NO/c1-7(6-10)4-5-8(2)9-3/h6-9H,4-5H2,1-3H3. The number of carbonyl (C=O) groups excluding carboxylic acids is 1. The Morgan fingerprint density at radius 3 is 2.40 bits per heavy atom. The molecule has 0 aliphatic carbocycles. The van der Waals surface area contributed by atoms with E-state index in [0.717, 1.165) is 19.1 Å². The van der Waals surface area contributed by atoms with Gasteiger partial charge in [-0.15, -0.1) is 0 Å². The SMILES string of the molecule is CNC(C)CCC(C)C=O. The quantitative estimate of drug-likeness (QED) is 0.586. The molecule has 0 aliphatic heterocycles. The average molecular weight is 143 g/mol. The molecule has 0 aromatic carbocycles. The molecule has 0 aromatic heterocycles. The molecule has 0 spiro atoms. The van der Waals surface area contributed by atoms with Gasteiger partial charge in [-0.2, -0.15) is 0 Å². The van der Waals surface area contributed by atoms with Crippen LogP contribution in [0.3, 0.4) is 0 Å². The number of nitrogens with one attached hydrogen (secondary N) is 1. The molecule has 60 valence electrons. The first-order valence-corrected chi connectivity index (χ1v) is 3.83. The highest BCUT2D eigenvalue weighted by atomic mass is 16.1. The number of carbonyl (C=O) groups is 1. The molecule has 2 unspecified atom stereocenters. The maximum atomic E-state index is 10.2. The Bertz CT molecular complexity index is 93.3. The fourth-order valence-electron chi connectivity index (χ4n) is 0.725.